The minimum absolute atomic E-state index is 0.131. The Morgan fingerprint density at radius 2 is 1.95 bits per heavy atom. The Kier molecular flexibility index (Phi) is 5.43. The van der Waals surface area contributed by atoms with Crippen molar-refractivity contribution < 1.29 is 0 Å². The van der Waals surface area contributed by atoms with Gasteiger partial charge in [-0.05, 0) is 11.6 Å². The van der Waals surface area contributed by atoms with Gasteiger partial charge in [0.1, 0.15) is 0 Å². The van der Waals surface area contributed by atoms with Gasteiger partial charge in [0.2, 0.25) is 0 Å². The summed E-state index contributed by atoms with van der Waals surface area (Å²) in [7, 11) is 0. The van der Waals surface area contributed by atoms with Crippen LogP contribution in [0.2, 0.25) is 0 Å². The molecule has 0 N–H and O–H groups in total. The summed E-state index contributed by atoms with van der Waals surface area (Å²) in [6, 6.07) is 8.44. The van der Waals surface area contributed by atoms with Crippen molar-refractivity contribution in [2.24, 2.45) is 0 Å². The van der Waals surface area contributed by atoms with E-state index >= 15 is 0 Å². The van der Waals surface area contributed by atoms with Gasteiger partial charge in [-0.3, -0.25) is 0 Å². The maximum atomic E-state index is 4.81. The van der Waals surface area contributed by atoms with E-state index in [4.69, 9.17) is 4.98 Å². The Balaban J connectivity index is 2.19. The fourth-order valence-corrected chi connectivity index (χ4v) is 4.30. The number of rotatable bonds is 4. The second kappa shape index (κ2) is 6.71. The Hall–Kier alpha value is -0.190. The van der Waals surface area contributed by atoms with E-state index < -0.39 is 0 Å². The molecule has 0 saturated carbocycles. The van der Waals surface area contributed by atoms with Crippen molar-refractivity contribution in [1.29, 1.82) is 0 Å². The lowest BCUT2D eigenvalue weighted by molar-refractivity contribution is 0.569. The van der Waals surface area contributed by atoms with Crippen LogP contribution >= 0.6 is 43.2 Å². The number of thiazole rings is 1. The smallest absolute Gasteiger partial charge is 0.0934 e. The topological polar surface area (TPSA) is 12.9 Å². The van der Waals surface area contributed by atoms with Gasteiger partial charge >= 0.3 is 0 Å². The van der Waals surface area contributed by atoms with Gasteiger partial charge in [-0.2, -0.15) is 0 Å². The normalized spacial score (nSPS) is 13.4. The zero-order chi connectivity index (χ0) is 14.8. The second-order valence-electron chi connectivity index (χ2n) is 5.95. The summed E-state index contributed by atoms with van der Waals surface area (Å²) < 4.78 is 1.18. The fourth-order valence-electron chi connectivity index (χ4n) is 2.01. The van der Waals surface area contributed by atoms with Crippen LogP contribution in [0, 0.1) is 0 Å². The van der Waals surface area contributed by atoms with E-state index in [1.54, 1.807) is 11.3 Å². The number of alkyl halides is 1. The van der Waals surface area contributed by atoms with E-state index in [9.17, 15) is 0 Å². The molecule has 20 heavy (non-hydrogen) atoms. The third kappa shape index (κ3) is 3.92. The highest BCUT2D eigenvalue weighted by Gasteiger charge is 2.20. The number of hydrogen-bond acceptors (Lipinski definition) is 2. The van der Waals surface area contributed by atoms with Crippen LogP contribution in [0.1, 0.15) is 43.0 Å². The minimum atomic E-state index is 0.131. The molecule has 4 heteroatoms. The van der Waals surface area contributed by atoms with Crippen LogP contribution in [0.15, 0.2) is 34.1 Å². The standard InChI is InChI=1S/C16H19Br2NS/c1-16(2,3)14-10-20-15(19-14)8-11(9-17)12-6-4-5-7-13(12)18/h4-7,10-11H,8-9H2,1-3H3. The maximum absolute atomic E-state index is 4.81. The molecular weight excluding hydrogens is 398 g/mol. The molecule has 0 fully saturated rings. The number of nitrogens with zero attached hydrogens (tertiary/aromatic N) is 1. The third-order valence-corrected chi connectivity index (χ3v) is 5.65. The first-order valence-electron chi connectivity index (χ1n) is 6.67. The molecule has 0 aliphatic rings. The molecule has 1 unspecified atom stereocenters. The predicted octanol–water partition coefficient (Wildman–Crippen LogP) is 5.92. The van der Waals surface area contributed by atoms with Crippen LogP contribution in [-0.2, 0) is 11.8 Å². The maximum Gasteiger partial charge on any atom is 0.0934 e. The van der Waals surface area contributed by atoms with Crippen molar-refractivity contribution in [2.75, 3.05) is 5.33 Å². The van der Waals surface area contributed by atoms with Gasteiger partial charge in [-0.25, -0.2) is 4.98 Å². The van der Waals surface area contributed by atoms with Gasteiger partial charge in [0, 0.05) is 32.9 Å². The highest BCUT2D eigenvalue weighted by atomic mass is 79.9. The van der Waals surface area contributed by atoms with E-state index in [1.807, 2.05) is 0 Å². The van der Waals surface area contributed by atoms with Gasteiger partial charge in [0.15, 0.2) is 0 Å². The molecule has 1 nitrogen and oxygen atoms in total. The van der Waals surface area contributed by atoms with Crippen LogP contribution in [-0.4, -0.2) is 10.3 Å². The minimum Gasteiger partial charge on any atom is -0.246 e. The zero-order valence-electron chi connectivity index (χ0n) is 12.0. The lowest BCUT2D eigenvalue weighted by atomic mass is 9.93. The summed E-state index contributed by atoms with van der Waals surface area (Å²) in [4.78, 5) is 4.81. The largest absolute Gasteiger partial charge is 0.246 e. The van der Waals surface area contributed by atoms with Crippen LogP contribution in [0.5, 0.6) is 0 Å². The first-order valence-corrected chi connectivity index (χ1v) is 9.46. The quantitative estimate of drug-likeness (QED) is 0.563. The van der Waals surface area contributed by atoms with Gasteiger partial charge < -0.3 is 0 Å². The highest BCUT2D eigenvalue weighted by Crippen LogP contribution is 2.31. The van der Waals surface area contributed by atoms with E-state index in [-0.39, 0.29) is 5.41 Å². The third-order valence-electron chi connectivity index (χ3n) is 3.27. The van der Waals surface area contributed by atoms with E-state index in [0.717, 1.165) is 11.8 Å². The molecule has 108 valence electrons. The van der Waals surface area contributed by atoms with E-state index in [0.29, 0.717) is 5.92 Å². The van der Waals surface area contributed by atoms with Gasteiger partial charge in [-0.1, -0.05) is 70.8 Å². The number of hydrogen-bond donors (Lipinski definition) is 0. The average Bonchev–Trinajstić information content (AvgIpc) is 2.85. The molecule has 0 bridgehead atoms. The molecule has 2 aromatic rings. The molecule has 0 amide bonds. The summed E-state index contributed by atoms with van der Waals surface area (Å²) in [5.74, 6) is 0.449. The molecule has 0 spiro atoms. The second-order valence-corrected chi connectivity index (χ2v) is 8.40. The van der Waals surface area contributed by atoms with Crippen molar-refractivity contribution in [2.45, 2.75) is 38.5 Å². The lowest BCUT2D eigenvalue weighted by Crippen LogP contribution is -2.12. The lowest BCUT2D eigenvalue weighted by Gasteiger charge is -2.16. The van der Waals surface area contributed by atoms with Gasteiger partial charge in [-0.15, -0.1) is 11.3 Å². The SMILES string of the molecule is CC(C)(C)c1csc(CC(CBr)c2ccccc2Br)n1. The fraction of sp³-hybridized carbons (Fsp3) is 0.438. The molecule has 1 aromatic carbocycles. The highest BCUT2D eigenvalue weighted by molar-refractivity contribution is 9.10. The zero-order valence-corrected chi connectivity index (χ0v) is 16.0. The Morgan fingerprint density at radius 3 is 2.50 bits per heavy atom. The van der Waals surface area contributed by atoms with Crippen LogP contribution < -0.4 is 0 Å². The van der Waals surface area contributed by atoms with Gasteiger partial charge in [0.25, 0.3) is 0 Å². The molecule has 0 aliphatic carbocycles. The molecule has 1 heterocycles. The Labute approximate surface area is 142 Å². The van der Waals surface area contributed by atoms with E-state index in [2.05, 4.69) is 82.3 Å². The summed E-state index contributed by atoms with van der Waals surface area (Å²) in [5.41, 5.74) is 2.67. The molecular formula is C16H19Br2NS. The monoisotopic (exact) mass is 415 g/mol. The molecule has 2 rings (SSSR count). The van der Waals surface area contributed by atoms with Crippen LogP contribution in [0.25, 0.3) is 0 Å². The Morgan fingerprint density at radius 1 is 1.25 bits per heavy atom. The molecule has 0 aliphatic heterocycles. The summed E-state index contributed by atoms with van der Waals surface area (Å²) in [6.45, 7) is 6.63. The molecule has 1 aromatic heterocycles. The predicted molar refractivity (Wildman–Crippen MR) is 95.2 cm³/mol. The van der Waals surface area contributed by atoms with Crippen molar-refractivity contribution in [3.63, 3.8) is 0 Å². The van der Waals surface area contributed by atoms with Crippen molar-refractivity contribution in [3.05, 3.63) is 50.4 Å². The average molecular weight is 417 g/mol. The number of halogens is 2. The van der Waals surface area contributed by atoms with Gasteiger partial charge in [0.05, 0.1) is 10.7 Å². The van der Waals surface area contributed by atoms with Crippen LogP contribution in [0.4, 0.5) is 0 Å². The molecule has 0 radical (unpaired) electrons. The number of aromatic nitrogens is 1. The first kappa shape index (κ1) is 16.2. The van der Waals surface area contributed by atoms with Crippen molar-refractivity contribution >= 4 is 43.2 Å². The van der Waals surface area contributed by atoms with E-state index in [1.165, 1.54) is 20.7 Å². The summed E-state index contributed by atoms with van der Waals surface area (Å²) >= 11 is 9.07. The van der Waals surface area contributed by atoms with Crippen molar-refractivity contribution in [1.82, 2.24) is 4.98 Å². The van der Waals surface area contributed by atoms with Crippen LogP contribution in [0.3, 0.4) is 0 Å². The summed E-state index contributed by atoms with van der Waals surface area (Å²) in [6.07, 6.45) is 0.981. The molecule has 1 atom stereocenters. The first-order chi connectivity index (χ1) is 9.41. The number of benzene rings is 1. The molecule has 0 saturated heterocycles. The van der Waals surface area contributed by atoms with Crippen molar-refractivity contribution in [3.8, 4) is 0 Å². The summed E-state index contributed by atoms with van der Waals surface area (Å²) in [5, 5.41) is 4.36. The Bertz CT molecular complexity index is 572.